The molecule has 0 aliphatic carbocycles. The van der Waals surface area contributed by atoms with Gasteiger partial charge in [0.05, 0.1) is 12.5 Å². The number of hydrogen-bond donors (Lipinski definition) is 2. The van der Waals surface area contributed by atoms with E-state index in [1.165, 1.54) is 6.92 Å². The van der Waals surface area contributed by atoms with E-state index in [4.69, 9.17) is 5.11 Å². The molecule has 1 aliphatic heterocycles. The summed E-state index contributed by atoms with van der Waals surface area (Å²) < 4.78 is 0. The lowest BCUT2D eigenvalue weighted by Gasteiger charge is -2.27. The van der Waals surface area contributed by atoms with Gasteiger partial charge in [-0.15, -0.1) is 0 Å². The number of carbonyl (C=O) groups is 2. The first-order chi connectivity index (χ1) is 11.5. The minimum absolute atomic E-state index is 0.0785. The first-order valence-corrected chi connectivity index (χ1v) is 8.75. The number of rotatable bonds is 7. The van der Waals surface area contributed by atoms with Gasteiger partial charge in [0.25, 0.3) is 0 Å². The number of amides is 2. The molecule has 1 saturated heterocycles. The third kappa shape index (κ3) is 5.06. The van der Waals surface area contributed by atoms with Gasteiger partial charge < -0.3 is 15.3 Å². The fraction of sp³-hybridized carbons (Fsp3) is 0.579. The zero-order valence-electron chi connectivity index (χ0n) is 14.6. The third-order valence-electron chi connectivity index (χ3n) is 4.63. The summed E-state index contributed by atoms with van der Waals surface area (Å²) in [5, 5.41) is 11.9. The molecule has 0 saturated carbocycles. The van der Waals surface area contributed by atoms with Gasteiger partial charge in [-0.05, 0) is 38.2 Å². The Labute approximate surface area is 144 Å². The standard InChI is InChI=1S/C19H28N2O3/c1-14-7-9-16(10-8-14)18(20-15(2)23)13-19(24)21-11-3-5-17(21)6-4-12-22/h7-10,17-18,22H,3-6,11-13H2,1-2H3,(H,20,23). The van der Waals surface area contributed by atoms with Crippen LogP contribution in [0.4, 0.5) is 0 Å². The molecule has 0 spiro atoms. The minimum atomic E-state index is -0.297. The molecule has 132 valence electrons. The minimum Gasteiger partial charge on any atom is -0.396 e. The Balaban J connectivity index is 2.06. The fourth-order valence-corrected chi connectivity index (χ4v) is 3.38. The average molecular weight is 332 g/mol. The number of aliphatic hydroxyl groups excluding tert-OH is 1. The lowest BCUT2D eigenvalue weighted by atomic mass is 10.0. The Kier molecular flexibility index (Phi) is 6.79. The van der Waals surface area contributed by atoms with Gasteiger partial charge in [-0.2, -0.15) is 0 Å². The zero-order valence-corrected chi connectivity index (χ0v) is 14.6. The van der Waals surface area contributed by atoms with E-state index in [1.807, 2.05) is 36.1 Å². The second kappa shape index (κ2) is 8.83. The number of benzene rings is 1. The van der Waals surface area contributed by atoms with Crippen LogP contribution in [0.3, 0.4) is 0 Å². The van der Waals surface area contributed by atoms with Crippen LogP contribution in [0.2, 0.25) is 0 Å². The van der Waals surface area contributed by atoms with Crippen LogP contribution >= 0.6 is 0 Å². The predicted octanol–water partition coefficient (Wildman–Crippen LogP) is 2.33. The molecule has 2 unspecified atom stereocenters. The van der Waals surface area contributed by atoms with Crippen molar-refractivity contribution in [1.29, 1.82) is 0 Å². The maximum Gasteiger partial charge on any atom is 0.225 e. The molecule has 5 heteroatoms. The quantitative estimate of drug-likeness (QED) is 0.805. The van der Waals surface area contributed by atoms with Crippen LogP contribution in [0.25, 0.3) is 0 Å². The number of aliphatic hydroxyl groups is 1. The monoisotopic (exact) mass is 332 g/mol. The summed E-state index contributed by atoms with van der Waals surface area (Å²) >= 11 is 0. The van der Waals surface area contributed by atoms with Crippen molar-refractivity contribution in [2.75, 3.05) is 13.2 Å². The number of hydrogen-bond acceptors (Lipinski definition) is 3. The van der Waals surface area contributed by atoms with E-state index in [9.17, 15) is 9.59 Å². The molecular formula is C19H28N2O3. The van der Waals surface area contributed by atoms with Gasteiger partial charge in [-0.25, -0.2) is 0 Å². The summed E-state index contributed by atoms with van der Waals surface area (Å²) in [5.41, 5.74) is 2.10. The first-order valence-electron chi connectivity index (χ1n) is 8.75. The van der Waals surface area contributed by atoms with E-state index < -0.39 is 0 Å². The Morgan fingerprint density at radius 3 is 2.67 bits per heavy atom. The van der Waals surface area contributed by atoms with Crippen LogP contribution in [0.5, 0.6) is 0 Å². The highest BCUT2D eigenvalue weighted by atomic mass is 16.3. The molecule has 0 aromatic heterocycles. The number of aryl methyl sites for hydroxylation is 1. The summed E-state index contributed by atoms with van der Waals surface area (Å²) in [4.78, 5) is 26.2. The lowest BCUT2D eigenvalue weighted by molar-refractivity contribution is -0.133. The van der Waals surface area contributed by atoms with Crippen LogP contribution < -0.4 is 5.32 Å². The number of nitrogens with zero attached hydrogens (tertiary/aromatic N) is 1. The molecule has 1 aromatic carbocycles. The van der Waals surface area contributed by atoms with Crippen molar-refractivity contribution in [3.8, 4) is 0 Å². The van der Waals surface area contributed by atoms with Crippen molar-refractivity contribution in [3.63, 3.8) is 0 Å². The van der Waals surface area contributed by atoms with Gasteiger partial charge in [0.2, 0.25) is 11.8 Å². The highest BCUT2D eigenvalue weighted by Gasteiger charge is 2.30. The molecule has 5 nitrogen and oxygen atoms in total. The van der Waals surface area contributed by atoms with Crippen molar-refractivity contribution < 1.29 is 14.7 Å². The maximum atomic E-state index is 12.8. The van der Waals surface area contributed by atoms with Gasteiger partial charge >= 0.3 is 0 Å². The van der Waals surface area contributed by atoms with Crippen molar-refractivity contribution in [2.45, 2.75) is 58.0 Å². The molecule has 2 rings (SSSR count). The van der Waals surface area contributed by atoms with E-state index in [1.54, 1.807) is 0 Å². The molecule has 0 radical (unpaired) electrons. The second-order valence-electron chi connectivity index (χ2n) is 6.62. The van der Waals surface area contributed by atoms with Crippen LogP contribution in [-0.2, 0) is 9.59 Å². The summed E-state index contributed by atoms with van der Waals surface area (Å²) in [5.74, 6) is -0.0543. The largest absolute Gasteiger partial charge is 0.396 e. The third-order valence-corrected chi connectivity index (χ3v) is 4.63. The van der Waals surface area contributed by atoms with Crippen molar-refractivity contribution in [1.82, 2.24) is 10.2 Å². The van der Waals surface area contributed by atoms with E-state index in [0.29, 0.717) is 0 Å². The number of likely N-dealkylation sites (tertiary alicyclic amines) is 1. The number of carbonyl (C=O) groups excluding carboxylic acids is 2. The van der Waals surface area contributed by atoms with Crippen molar-refractivity contribution >= 4 is 11.8 Å². The molecule has 24 heavy (non-hydrogen) atoms. The van der Waals surface area contributed by atoms with E-state index in [2.05, 4.69) is 5.32 Å². The van der Waals surface area contributed by atoms with Crippen molar-refractivity contribution in [3.05, 3.63) is 35.4 Å². The van der Waals surface area contributed by atoms with Crippen molar-refractivity contribution in [2.24, 2.45) is 0 Å². The van der Waals surface area contributed by atoms with E-state index in [0.717, 1.165) is 43.4 Å². The Morgan fingerprint density at radius 2 is 2.04 bits per heavy atom. The summed E-state index contributed by atoms with van der Waals surface area (Å²) in [7, 11) is 0. The van der Waals surface area contributed by atoms with Gasteiger partial charge in [0.15, 0.2) is 0 Å². The van der Waals surface area contributed by atoms with E-state index >= 15 is 0 Å². The molecule has 2 amide bonds. The van der Waals surface area contributed by atoms with Crippen LogP contribution in [0, 0.1) is 6.92 Å². The van der Waals surface area contributed by atoms with Gasteiger partial charge in [-0.1, -0.05) is 29.8 Å². The molecule has 0 bridgehead atoms. The van der Waals surface area contributed by atoms with Gasteiger partial charge in [-0.3, -0.25) is 9.59 Å². The fourth-order valence-electron chi connectivity index (χ4n) is 3.38. The molecule has 2 atom stereocenters. The summed E-state index contributed by atoms with van der Waals surface area (Å²) in [6.45, 7) is 4.43. The molecule has 2 N–H and O–H groups in total. The highest BCUT2D eigenvalue weighted by molar-refractivity contribution is 5.79. The smallest absolute Gasteiger partial charge is 0.225 e. The normalized spacial score (nSPS) is 18.5. The summed E-state index contributed by atoms with van der Waals surface area (Å²) in [6.07, 6.45) is 3.86. The lowest BCUT2D eigenvalue weighted by Crippen LogP contribution is -2.38. The van der Waals surface area contributed by atoms with Gasteiger partial charge in [0, 0.05) is 26.1 Å². The maximum absolute atomic E-state index is 12.8. The Morgan fingerprint density at radius 1 is 1.33 bits per heavy atom. The zero-order chi connectivity index (χ0) is 17.5. The summed E-state index contributed by atoms with van der Waals surface area (Å²) in [6, 6.07) is 7.85. The van der Waals surface area contributed by atoms with Gasteiger partial charge in [0.1, 0.15) is 0 Å². The molecule has 1 aromatic rings. The Bertz CT molecular complexity index is 556. The Hall–Kier alpha value is -1.88. The molecule has 1 fully saturated rings. The number of nitrogens with one attached hydrogen (secondary N) is 1. The SMILES string of the molecule is CC(=O)NC(CC(=O)N1CCCC1CCCO)c1ccc(C)cc1. The molecule has 1 heterocycles. The average Bonchev–Trinajstić information content (AvgIpc) is 3.01. The second-order valence-corrected chi connectivity index (χ2v) is 6.62. The van der Waals surface area contributed by atoms with E-state index in [-0.39, 0.29) is 36.9 Å². The molecular weight excluding hydrogens is 304 g/mol. The van der Waals surface area contributed by atoms with Crippen LogP contribution in [-0.4, -0.2) is 41.0 Å². The predicted molar refractivity (Wildman–Crippen MR) is 93.4 cm³/mol. The molecule has 1 aliphatic rings. The highest BCUT2D eigenvalue weighted by Crippen LogP contribution is 2.25. The topological polar surface area (TPSA) is 69.6 Å². The van der Waals surface area contributed by atoms with Crippen LogP contribution in [0.1, 0.15) is 56.2 Å². The first kappa shape index (κ1) is 18.5. The van der Waals surface area contributed by atoms with Crippen LogP contribution in [0.15, 0.2) is 24.3 Å².